The normalized spacial score (nSPS) is 27.2. The van der Waals surface area contributed by atoms with Crippen LogP contribution in [-0.2, 0) is 6.54 Å². The van der Waals surface area contributed by atoms with Gasteiger partial charge in [0.15, 0.2) is 0 Å². The van der Waals surface area contributed by atoms with Crippen LogP contribution >= 0.6 is 0 Å². The van der Waals surface area contributed by atoms with Gasteiger partial charge in [-0.3, -0.25) is 4.90 Å². The average Bonchev–Trinajstić information content (AvgIpc) is 3.00. The molecule has 1 saturated carbocycles. The zero-order chi connectivity index (χ0) is 15.5. The van der Waals surface area contributed by atoms with Crippen LogP contribution in [0.1, 0.15) is 58.6 Å². The van der Waals surface area contributed by atoms with Crippen LogP contribution in [0.25, 0.3) is 0 Å². The lowest BCUT2D eigenvalue weighted by atomic mass is 9.65. The van der Waals surface area contributed by atoms with E-state index in [4.69, 9.17) is 10.2 Å². The number of hydrogen-bond acceptors (Lipinski definition) is 3. The van der Waals surface area contributed by atoms with Crippen LogP contribution in [0.5, 0.6) is 0 Å². The molecule has 0 aliphatic heterocycles. The molecule has 0 aromatic carbocycles. The van der Waals surface area contributed by atoms with Crippen molar-refractivity contribution in [1.29, 1.82) is 0 Å². The van der Waals surface area contributed by atoms with Gasteiger partial charge in [-0.05, 0) is 56.2 Å². The van der Waals surface area contributed by atoms with E-state index in [9.17, 15) is 0 Å². The summed E-state index contributed by atoms with van der Waals surface area (Å²) < 4.78 is 5.49. The Morgan fingerprint density at radius 2 is 2.05 bits per heavy atom. The molecule has 0 radical (unpaired) electrons. The molecule has 3 nitrogen and oxygen atoms in total. The molecule has 1 aliphatic carbocycles. The molecule has 21 heavy (non-hydrogen) atoms. The van der Waals surface area contributed by atoms with Crippen molar-refractivity contribution in [3.05, 3.63) is 24.2 Å². The van der Waals surface area contributed by atoms with E-state index in [-0.39, 0.29) is 5.54 Å². The minimum Gasteiger partial charge on any atom is -0.468 e. The number of rotatable bonds is 6. The maximum Gasteiger partial charge on any atom is 0.117 e. The molecule has 1 heterocycles. The van der Waals surface area contributed by atoms with E-state index in [1.54, 1.807) is 6.26 Å². The summed E-state index contributed by atoms with van der Waals surface area (Å²) in [5.74, 6) is 1.86. The van der Waals surface area contributed by atoms with Gasteiger partial charge >= 0.3 is 0 Å². The van der Waals surface area contributed by atoms with Crippen molar-refractivity contribution in [2.24, 2.45) is 17.1 Å². The van der Waals surface area contributed by atoms with Gasteiger partial charge in [-0.2, -0.15) is 0 Å². The Balaban J connectivity index is 2.00. The molecule has 0 atom stereocenters. The van der Waals surface area contributed by atoms with Crippen LogP contribution in [0.15, 0.2) is 22.8 Å². The van der Waals surface area contributed by atoms with Crippen molar-refractivity contribution in [3.8, 4) is 0 Å². The molecule has 1 aliphatic rings. The van der Waals surface area contributed by atoms with Crippen molar-refractivity contribution in [1.82, 2.24) is 4.90 Å². The number of hydrogen-bond donors (Lipinski definition) is 1. The molecular weight excluding hydrogens is 260 g/mol. The van der Waals surface area contributed by atoms with Gasteiger partial charge in [0, 0.05) is 12.1 Å². The lowest BCUT2D eigenvalue weighted by molar-refractivity contribution is 0.0244. The van der Waals surface area contributed by atoms with E-state index in [1.165, 1.54) is 32.1 Å². The van der Waals surface area contributed by atoms with Gasteiger partial charge in [-0.25, -0.2) is 0 Å². The molecule has 3 heteroatoms. The average molecular weight is 292 g/mol. The molecule has 1 aromatic heterocycles. The first-order valence-corrected chi connectivity index (χ1v) is 8.37. The highest BCUT2D eigenvalue weighted by Crippen LogP contribution is 2.44. The molecule has 0 amide bonds. The van der Waals surface area contributed by atoms with Gasteiger partial charge in [0.25, 0.3) is 0 Å². The first kappa shape index (κ1) is 16.6. The molecule has 0 bridgehead atoms. The molecule has 2 N–H and O–H groups in total. The molecule has 2 rings (SSSR count). The maximum atomic E-state index is 6.18. The second kappa shape index (κ2) is 6.53. The first-order valence-electron chi connectivity index (χ1n) is 8.37. The number of furan rings is 1. The summed E-state index contributed by atoms with van der Waals surface area (Å²) in [5.41, 5.74) is 6.79. The predicted molar refractivity (Wildman–Crippen MR) is 88.0 cm³/mol. The highest BCUT2D eigenvalue weighted by molar-refractivity contribution is 5.02. The third-order valence-electron chi connectivity index (χ3n) is 6.10. The van der Waals surface area contributed by atoms with E-state index in [0.717, 1.165) is 24.8 Å². The van der Waals surface area contributed by atoms with Gasteiger partial charge in [0.05, 0.1) is 12.8 Å². The molecular formula is C18H32N2O. The summed E-state index contributed by atoms with van der Waals surface area (Å²) in [4.78, 5) is 2.42. The fourth-order valence-electron chi connectivity index (χ4n) is 3.77. The molecule has 120 valence electrons. The summed E-state index contributed by atoms with van der Waals surface area (Å²) >= 11 is 0. The van der Waals surface area contributed by atoms with Gasteiger partial charge in [-0.15, -0.1) is 0 Å². The van der Waals surface area contributed by atoms with Crippen molar-refractivity contribution in [2.75, 3.05) is 13.6 Å². The Labute approximate surface area is 129 Å². The van der Waals surface area contributed by atoms with Crippen LogP contribution in [-0.4, -0.2) is 24.0 Å². The first-order chi connectivity index (χ1) is 9.93. The van der Waals surface area contributed by atoms with E-state index in [2.05, 4.69) is 32.7 Å². The third kappa shape index (κ3) is 3.51. The number of nitrogens with zero attached hydrogens (tertiary/aromatic N) is 1. The lowest BCUT2D eigenvalue weighted by Gasteiger charge is -2.48. The van der Waals surface area contributed by atoms with Crippen molar-refractivity contribution < 1.29 is 4.42 Å². The van der Waals surface area contributed by atoms with Crippen LogP contribution in [0.4, 0.5) is 0 Å². The Hall–Kier alpha value is -0.800. The van der Waals surface area contributed by atoms with E-state index < -0.39 is 0 Å². The van der Waals surface area contributed by atoms with Crippen LogP contribution in [0, 0.1) is 11.3 Å². The summed E-state index contributed by atoms with van der Waals surface area (Å²) in [5, 5.41) is 0. The fourth-order valence-corrected chi connectivity index (χ4v) is 3.77. The van der Waals surface area contributed by atoms with Crippen molar-refractivity contribution in [3.63, 3.8) is 0 Å². The lowest BCUT2D eigenvalue weighted by Crippen LogP contribution is -2.54. The smallest absolute Gasteiger partial charge is 0.117 e. The van der Waals surface area contributed by atoms with E-state index in [1.807, 2.05) is 12.1 Å². The molecule has 0 unspecified atom stereocenters. The molecule has 0 saturated heterocycles. The minimum atomic E-state index is 0.146. The van der Waals surface area contributed by atoms with Crippen LogP contribution in [0.2, 0.25) is 0 Å². The van der Waals surface area contributed by atoms with E-state index in [0.29, 0.717) is 5.41 Å². The van der Waals surface area contributed by atoms with Gasteiger partial charge in [0.2, 0.25) is 0 Å². The summed E-state index contributed by atoms with van der Waals surface area (Å²) in [7, 11) is 2.20. The summed E-state index contributed by atoms with van der Waals surface area (Å²) in [6.45, 7) is 8.74. The zero-order valence-corrected chi connectivity index (χ0v) is 14.2. The quantitative estimate of drug-likeness (QED) is 0.860. The van der Waals surface area contributed by atoms with E-state index >= 15 is 0 Å². The molecule has 1 aromatic rings. The maximum absolute atomic E-state index is 6.18. The standard InChI is InChI=1S/C18H32N2O/c1-5-17(2,3)15-8-10-18(14-19,11-9-15)20(4)13-16-7-6-12-21-16/h6-7,12,15H,5,8-11,13-14,19H2,1-4H3. The minimum absolute atomic E-state index is 0.146. The summed E-state index contributed by atoms with van der Waals surface area (Å²) in [6, 6.07) is 4.01. The predicted octanol–water partition coefficient (Wildman–Crippen LogP) is 4.04. The number of nitrogens with two attached hydrogens (primary N) is 1. The topological polar surface area (TPSA) is 42.4 Å². The third-order valence-corrected chi connectivity index (χ3v) is 6.10. The highest BCUT2D eigenvalue weighted by Gasteiger charge is 2.41. The Kier molecular flexibility index (Phi) is 5.15. The van der Waals surface area contributed by atoms with Crippen molar-refractivity contribution in [2.45, 2.75) is 65.0 Å². The largest absolute Gasteiger partial charge is 0.468 e. The Bertz CT molecular complexity index is 416. The van der Waals surface area contributed by atoms with Crippen LogP contribution in [0.3, 0.4) is 0 Å². The molecule has 0 spiro atoms. The van der Waals surface area contributed by atoms with Crippen LogP contribution < -0.4 is 5.73 Å². The monoisotopic (exact) mass is 292 g/mol. The fraction of sp³-hybridized carbons (Fsp3) is 0.778. The Morgan fingerprint density at radius 1 is 1.38 bits per heavy atom. The second-order valence-electron chi connectivity index (χ2n) is 7.48. The zero-order valence-electron chi connectivity index (χ0n) is 14.2. The molecule has 1 fully saturated rings. The SMILES string of the molecule is CCC(C)(C)C1CCC(CN)(N(C)Cc2ccco2)CC1. The second-order valence-corrected chi connectivity index (χ2v) is 7.48. The Morgan fingerprint density at radius 3 is 2.52 bits per heavy atom. The highest BCUT2D eigenvalue weighted by atomic mass is 16.3. The van der Waals surface area contributed by atoms with Gasteiger partial charge in [-0.1, -0.05) is 27.2 Å². The van der Waals surface area contributed by atoms with Gasteiger partial charge < -0.3 is 10.2 Å². The number of likely N-dealkylation sites (N-methyl/N-ethyl adjacent to an activating group) is 1. The van der Waals surface area contributed by atoms with Crippen molar-refractivity contribution >= 4 is 0 Å². The van der Waals surface area contributed by atoms with Gasteiger partial charge in [0.1, 0.15) is 5.76 Å². The summed E-state index contributed by atoms with van der Waals surface area (Å²) in [6.07, 6.45) is 8.00.